The maximum Gasteiger partial charge on any atom is 0.0541 e. The molecule has 0 spiro atoms. The molecule has 0 aliphatic rings. The minimum Gasteiger partial charge on any atom is -0.310 e. The zero-order valence-electron chi connectivity index (χ0n) is 31.8. The predicted octanol–water partition coefficient (Wildman–Crippen LogP) is 15.6. The molecule has 2 heteroatoms. The van der Waals surface area contributed by atoms with E-state index in [9.17, 15) is 0 Å². The third-order valence-electron chi connectivity index (χ3n) is 11.6. The van der Waals surface area contributed by atoms with Gasteiger partial charge in [-0.25, -0.2) is 0 Å². The van der Waals surface area contributed by atoms with Crippen LogP contribution in [0.15, 0.2) is 231 Å². The van der Waals surface area contributed by atoms with Crippen LogP contribution in [0, 0.1) is 0 Å². The average molecular weight is 739 g/mol. The molecule has 0 amide bonds. The number of benzene rings is 10. The molecule has 0 bridgehead atoms. The Balaban J connectivity index is 1.06. The second-order valence-electron chi connectivity index (χ2n) is 14.9. The Labute approximate surface area is 338 Å². The molecule has 0 aliphatic heterocycles. The van der Waals surface area contributed by atoms with Gasteiger partial charge in [-0.15, -0.1) is 0 Å². The van der Waals surface area contributed by atoms with Crippen molar-refractivity contribution in [2.75, 3.05) is 4.90 Å². The Morgan fingerprint density at radius 3 is 1.28 bits per heavy atom. The lowest BCUT2D eigenvalue weighted by atomic mass is 9.96. The molecule has 2 nitrogen and oxygen atoms in total. The lowest BCUT2D eigenvalue weighted by molar-refractivity contribution is 1.18. The second kappa shape index (κ2) is 14.1. The van der Waals surface area contributed by atoms with Crippen molar-refractivity contribution < 1.29 is 0 Å². The Morgan fingerprint density at radius 2 is 0.707 bits per heavy atom. The quantitative estimate of drug-likeness (QED) is 0.158. The highest BCUT2D eigenvalue weighted by Crippen LogP contribution is 2.42. The van der Waals surface area contributed by atoms with E-state index in [0.717, 1.165) is 28.3 Å². The van der Waals surface area contributed by atoms with Crippen LogP contribution in [0.4, 0.5) is 17.1 Å². The molecule has 0 fully saturated rings. The van der Waals surface area contributed by atoms with Gasteiger partial charge in [-0.05, 0) is 104 Å². The standard InChI is InChI=1S/C56H38N2/c1-3-23-47-39(15-1)17-13-28-49(47)42-19-11-21-45(37-42)57(46-22-12-20-43(38-46)50-29-14-18-40-16-2-4-24-48(40)50)44-35-33-41(34-36-44)51-25-5-8-30-54(51)58-55-31-9-6-26-52(55)53-27-7-10-32-56(53)58/h1-38H. The fourth-order valence-electron chi connectivity index (χ4n) is 8.91. The van der Waals surface area contributed by atoms with Crippen molar-refractivity contribution in [1.29, 1.82) is 0 Å². The van der Waals surface area contributed by atoms with Gasteiger partial charge in [0.2, 0.25) is 0 Å². The maximum atomic E-state index is 2.41. The Hall–Kier alpha value is -7.68. The van der Waals surface area contributed by atoms with Gasteiger partial charge in [0.1, 0.15) is 0 Å². The molecule has 0 N–H and O–H groups in total. The van der Waals surface area contributed by atoms with Crippen LogP contribution < -0.4 is 4.90 Å². The van der Waals surface area contributed by atoms with Crippen molar-refractivity contribution in [2.24, 2.45) is 0 Å². The van der Waals surface area contributed by atoms with Gasteiger partial charge in [0.15, 0.2) is 0 Å². The normalized spacial score (nSPS) is 11.4. The fraction of sp³-hybridized carbons (Fsp3) is 0. The van der Waals surface area contributed by atoms with Crippen LogP contribution in [0.3, 0.4) is 0 Å². The van der Waals surface area contributed by atoms with Gasteiger partial charge in [-0.2, -0.15) is 0 Å². The van der Waals surface area contributed by atoms with Crippen molar-refractivity contribution in [3.8, 4) is 39.1 Å². The summed E-state index contributed by atoms with van der Waals surface area (Å²) in [6.07, 6.45) is 0. The Kier molecular flexibility index (Phi) is 8.19. The predicted molar refractivity (Wildman–Crippen MR) is 247 cm³/mol. The number of anilines is 3. The number of hydrogen-bond donors (Lipinski definition) is 0. The molecule has 1 aromatic heterocycles. The minimum absolute atomic E-state index is 1.09. The van der Waals surface area contributed by atoms with Crippen molar-refractivity contribution >= 4 is 60.4 Å². The van der Waals surface area contributed by atoms with Crippen LogP contribution in [-0.4, -0.2) is 4.57 Å². The van der Waals surface area contributed by atoms with Gasteiger partial charge in [0, 0.05) is 33.4 Å². The molecule has 0 unspecified atom stereocenters. The van der Waals surface area contributed by atoms with E-state index >= 15 is 0 Å². The molecular formula is C56H38N2. The molecular weight excluding hydrogens is 701 g/mol. The van der Waals surface area contributed by atoms with Crippen LogP contribution in [0.25, 0.3) is 82.4 Å². The summed E-state index contributed by atoms with van der Waals surface area (Å²) in [5.41, 5.74) is 14.0. The smallest absolute Gasteiger partial charge is 0.0541 e. The average Bonchev–Trinajstić information content (AvgIpc) is 3.63. The number of nitrogens with zero attached hydrogens (tertiary/aromatic N) is 2. The number of rotatable bonds is 7. The first-order chi connectivity index (χ1) is 28.8. The number of aromatic nitrogens is 1. The third kappa shape index (κ3) is 5.74. The highest BCUT2D eigenvalue weighted by atomic mass is 15.1. The molecule has 0 saturated heterocycles. The van der Waals surface area contributed by atoms with Crippen molar-refractivity contribution in [3.05, 3.63) is 231 Å². The highest BCUT2D eigenvalue weighted by Gasteiger charge is 2.18. The summed E-state index contributed by atoms with van der Waals surface area (Å²) in [4.78, 5) is 2.39. The highest BCUT2D eigenvalue weighted by molar-refractivity contribution is 6.10. The van der Waals surface area contributed by atoms with E-state index in [1.54, 1.807) is 0 Å². The lowest BCUT2D eigenvalue weighted by Crippen LogP contribution is -2.10. The minimum atomic E-state index is 1.09. The summed E-state index contributed by atoms with van der Waals surface area (Å²) in [5.74, 6) is 0. The van der Waals surface area contributed by atoms with E-state index in [1.165, 1.54) is 71.2 Å². The molecule has 272 valence electrons. The van der Waals surface area contributed by atoms with Crippen LogP contribution >= 0.6 is 0 Å². The van der Waals surface area contributed by atoms with Crippen LogP contribution in [0.5, 0.6) is 0 Å². The van der Waals surface area contributed by atoms with Gasteiger partial charge in [0.05, 0.1) is 16.7 Å². The number of fused-ring (bicyclic) bond motifs is 5. The van der Waals surface area contributed by atoms with Crippen LogP contribution in [0.1, 0.15) is 0 Å². The number of hydrogen-bond acceptors (Lipinski definition) is 1. The molecule has 1 heterocycles. The van der Waals surface area contributed by atoms with Crippen LogP contribution in [-0.2, 0) is 0 Å². The molecule has 0 aliphatic carbocycles. The van der Waals surface area contributed by atoms with Crippen molar-refractivity contribution in [1.82, 2.24) is 4.57 Å². The van der Waals surface area contributed by atoms with Crippen molar-refractivity contribution in [2.45, 2.75) is 0 Å². The lowest BCUT2D eigenvalue weighted by Gasteiger charge is -2.27. The van der Waals surface area contributed by atoms with E-state index in [2.05, 4.69) is 240 Å². The summed E-state index contributed by atoms with van der Waals surface area (Å²) >= 11 is 0. The van der Waals surface area contributed by atoms with Gasteiger partial charge in [-0.3, -0.25) is 0 Å². The van der Waals surface area contributed by atoms with Gasteiger partial charge < -0.3 is 9.47 Å². The molecule has 0 saturated carbocycles. The third-order valence-corrected chi connectivity index (χ3v) is 11.6. The summed E-state index contributed by atoms with van der Waals surface area (Å²) in [6.45, 7) is 0. The SMILES string of the molecule is c1cc(-c2cccc3ccccc23)cc(N(c2ccc(-c3ccccc3-n3c4ccccc4c4ccccc43)cc2)c2cccc(-c3cccc4ccccc34)c2)c1. The molecule has 0 atom stereocenters. The van der Waals surface area contributed by atoms with Gasteiger partial charge >= 0.3 is 0 Å². The second-order valence-corrected chi connectivity index (χ2v) is 14.9. The van der Waals surface area contributed by atoms with Gasteiger partial charge in [-0.1, -0.05) is 176 Å². The Bertz CT molecular complexity index is 3110. The summed E-state index contributed by atoms with van der Waals surface area (Å²) in [6, 6.07) is 83.7. The monoisotopic (exact) mass is 738 g/mol. The summed E-state index contributed by atoms with van der Waals surface area (Å²) in [5, 5.41) is 7.49. The van der Waals surface area contributed by atoms with E-state index in [0.29, 0.717) is 0 Å². The van der Waals surface area contributed by atoms with E-state index in [1.807, 2.05) is 0 Å². The molecule has 58 heavy (non-hydrogen) atoms. The van der Waals surface area contributed by atoms with E-state index in [-0.39, 0.29) is 0 Å². The van der Waals surface area contributed by atoms with E-state index in [4.69, 9.17) is 0 Å². The van der Waals surface area contributed by atoms with Crippen molar-refractivity contribution in [3.63, 3.8) is 0 Å². The summed E-state index contributed by atoms with van der Waals surface area (Å²) < 4.78 is 2.41. The molecule has 0 radical (unpaired) electrons. The zero-order valence-corrected chi connectivity index (χ0v) is 31.8. The fourth-order valence-corrected chi connectivity index (χ4v) is 8.91. The van der Waals surface area contributed by atoms with Crippen LogP contribution in [0.2, 0.25) is 0 Å². The van der Waals surface area contributed by atoms with E-state index < -0.39 is 0 Å². The molecule has 11 aromatic rings. The summed E-state index contributed by atoms with van der Waals surface area (Å²) in [7, 11) is 0. The first-order valence-corrected chi connectivity index (χ1v) is 19.9. The first-order valence-electron chi connectivity index (χ1n) is 19.9. The molecule has 11 rings (SSSR count). The van der Waals surface area contributed by atoms with Gasteiger partial charge in [0.25, 0.3) is 0 Å². The topological polar surface area (TPSA) is 8.17 Å². The first kappa shape index (κ1) is 33.6. The number of para-hydroxylation sites is 3. The Morgan fingerprint density at radius 1 is 0.276 bits per heavy atom. The molecule has 10 aromatic carbocycles. The zero-order chi connectivity index (χ0) is 38.4. The maximum absolute atomic E-state index is 2.41. The largest absolute Gasteiger partial charge is 0.310 e.